The van der Waals surface area contributed by atoms with Gasteiger partial charge in [0.1, 0.15) is 11.6 Å². The number of nitrogens with one attached hydrogen (secondary N) is 1. The van der Waals surface area contributed by atoms with Gasteiger partial charge in [-0.1, -0.05) is 27.5 Å². The number of aromatic carboxylic acids is 1. The van der Waals surface area contributed by atoms with Crippen molar-refractivity contribution in [2.75, 3.05) is 12.4 Å². The molecular weight excluding hydrogens is 348 g/mol. The van der Waals surface area contributed by atoms with Crippen molar-refractivity contribution in [2.45, 2.75) is 0 Å². The van der Waals surface area contributed by atoms with Crippen LogP contribution in [-0.4, -0.2) is 23.2 Å². The van der Waals surface area contributed by atoms with E-state index in [1.807, 2.05) is 6.07 Å². The lowest BCUT2D eigenvalue weighted by atomic mass is 10.2. The molecule has 5 nitrogen and oxygen atoms in total. The van der Waals surface area contributed by atoms with Crippen LogP contribution in [0.5, 0.6) is 5.75 Å². The first-order chi connectivity index (χ1) is 9.51. The van der Waals surface area contributed by atoms with Gasteiger partial charge < -0.3 is 15.2 Å². The summed E-state index contributed by atoms with van der Waals surface area (Å²) >= 11 is 9.13. The lowest BCUT2D eigenvalue weighted by Gasteiger charge is -2.11. The van der Waals surface area contributed by atoms with E-state index in [-0.39, 0.29) is 10.6 Å². The number of nitrogens with zero attached hydrogens (tertiary/aromatic N) is 1. The van der Waals surface area contributed by atoms with Crippen LogP contribution in [0.25, 0.3) is 0 Å². The molecule has 0 aliphatic carbocycles. The van der Waals surface area contributed by atoms with Crippen LogP contribution in [0.1, 0.15) is 10.4 Å². The Hall–Kier alpha value is -1.79. The molecule has 0 aliphatic rings. The van der Waals surface area contributed by atoms with E-state index >= 15 is 0 Å². The molecule has 0 amide bonds. The molecule has 1 heterocycles. The van der Waals surface area contributed by atoms with Crippen LogP contribution in [-0.2, 0) is 0 Å². The Morgan fingerprint density at radius 3 is 2.85 bits per heavy atom. The molecule has 7 heteroatoms. The number of carboxylic acids is 1. The summed E-state index contributed by atoms with van der Waals surface area (Å²) in [6.07, 6.45) is 1.29. The van der Waals surface area contributed by atoms with Crippen molar-refractivity contribution in [3.63, 3.8) is 0 Å². The maximum absolute atomic E-state index is 11.0. The molecule has 2 rings (SSSR count). The van der Waals surface area contributed by atoms with Crippen molar-refractivity contribution in [2.24, 2.45) is 0 Å². The monoisotopic (exact) mass is 356 g/mol. The van der Waals surface area contributed by atoms with Gasteiger partial charge in [0.15, 0.2) is 0 Å². The number of pyridine rings is 1. The molecule has 0 radical (unpaired) electrons. The van der Waals surface area contributed by atoms with E-state index in [0.29, 0.717) is 17.3 Å². The van der Waals surface area contributed by atoms with Gasteiger partial charge in [-0.05, 0) is 24.3 Å². The number of halogens is 2. The molecule has 0 unspecified atom stereocenters. The number of anilines is 2. The summed E-state index contributed by atoms with van der Waals surface area (Å²) in [6, 6.07) is 6.78. The molecule has 2 aromatic rings. The summed E-state index contributed by atoms with van der Waals surface area (Å²) in [7, 11) is 1.55. The molecule has 0 saturated heterocycles. The summed E-state index contributed by atoms with van der Waals surface area (Å²) < 4.78 is 6.08. The molecule has 20 heavy (non-hydrogen) atoms. The third-order valence-electron chi connectivity index (χ3n) is 2.51. The lowest BCUT2D eigenvalue weighted by molar-refractivity contribution is 0.0697. The first-order valence-electron chi connectivity index (χ1n) is 5.50. The summed E-state index contributed by atoms with van der Waals surface area (Å²) in [6.45, 7) is 0. The summed E-state index contributed by atoms with van der Waals surface area (Å²) in [5, 5.41) is 12.1. The highest BCUT2D eigenvalue weighted by Crippen LogP contribution is 2.30. The number of benzene rings is 1. The number of carboxylic acid groups (broad SMARTS) is 1. The van der Waals surface area contributed by atoms with E-state index in [1.165, 1.54) is 12.3 Å². The number of ether oxygens (including phenoxy) is 1. The summed E-state index contributed by atoms with van der Waals surface area (Å²) in [4.78, 5) is 15.1. The van der Waals surface area contributed by atoms with E-state index < -0.39 is 5.97 Å². The van der Waals surface area contributed by atoms with Gasteiger partial charge in [0, 0.05) is 10.7 Å². The second kappa shape index (κ2) is 6.11. The van der Waals surface area contributed by atoms with Gasteiger partial charge in [-0.15, -0.1) is 0 Å². The van der Waals surface area contributed by atoms with Crippen molar-refractivity contribution >= 4 is 45.0 Å². The SMILES string of the molecule is COc1ccc(Br)cc1Nc1cc(C(=O)O)c(Cl)cn1. The van der Waals surface area contributed by atoms with Crippen molar-refractivity contribution in [1.82, 2.24) is 4.98 Å². The summed E-state index contributed by atoms with van der Waals surface area (Å²) in [5.74, 6) is -0.133. The van der Waals surface area contributed by atoms with Crippen molar-refractivity contribution in [1.29, 1.82) is 0 Å². The Kier molecular flexibility index (Phi) is 4.46. The van der Waals surface area contributed by atoms with Gasteiger partial charge in [-0.25, -0.2) is 9.78 Å². The van der Waals surface area contributed by atoms with E-state index in [1.54, 1.807) is 19.2 Å². The highest BCUT2D eigenvalue weighted by Gasteiger charge is 2.12. The smallest absolute Gasteiger partial charge is 0.337 e. The van der Waals surface area contributed by atoms with Gasteiger partial charge in [-0.3, -0.25) is 0 Å². The fourth-order valence-electron chi connectivity index (χ4n) is 1.59. The van der Waals surface area contributed by atoms with Gasteiger partial charge in [0.05, 0.1) is 23.4 Å². The molecule has 0 atom stereocenters. The lowest BCUT2D eigenvalue weighted by Crippen LogP contribution is -2.02. The Morgan fingerprint density at radius 2 is 2.20 bits per heavy atom. The zero-order valence-corrected chi connectivity index (χ0v) is 12.7. The Morgan fingerprint density at radius 1 is 1.45 bits per heavy atom. The third-order valence-corrected chi connectivity index (χ3v) is 3.30. The van der Waals surface area contributed by atoms with Crippen molar-refractivity contribution in [3.05, 3.63) is 45.5 Å². The molecule has 0 fully saturated rings. The van der Waals surface area contributed by atoms with Gasteiger partial charge in [0.2, 0.25) is 0 Å². The maximum Gasteiger partial charge on any atom is 0.337 e. The molecule has 0 bridgehead atoms. The number of rotatable bonds is 4. The number of methoxy groups -OCH3 is 1. The normalized spacial score (nSPS) is 10.2. The minimum atomic E-state index is -1.11. The van der Waals surface area contributed by atoms with E-state index in [0.717, 1.165) is 4.47 Å². The molecule has 2 N–H and O–H groups in total. The Labute approximate surface area is 128 Å². The van der Waals surface area contributed by atoms with Crippen molar-refractivity contribution < 1.29 is 14.6 Å². The number of aromatic nitrogens is 1. The first kappa shape index (κ1) is 14.6. The minimum absolute atomic E-state index is 0.0156. The molecular formula is C13H10BrClN2O3. The fraction of sp³-hybridized carbons (Fsp3) is 0.0769. The molecule has 1 aromatic carbocycles. The van der Waals surface area contributed by atoms with Crippen LogP contribution in [0, 0.1) is 0 Å². The number of hydrogen-bond acceptors (Lipinski definition) is 4. The Balaban J connectivity index is 2.37. The quantitative estimate of drug-likeness (QED) is 0.867. The number of hydrogen-bond donors (Lipinski definition) is 2. The molecule has 0 aliphatic heterocycles. The zero-order valence-electron chi connectivity index (χ0n) is 10.4. The average molecular weight is 358 g/mol. The highest BCUT2D eigenvalue weighted by molar-refractivity contribution is 9.10. The second-order valence-electron chi connectivity index (χ2n) is 3.82. The van der Waals surface area contributed by atoms with E-state index in [4.69, 9.17) is 21.4 Å². The largest absolute Gasteiger partial charge is 0.495 e. The molecule has 0 saturated carbocycles. The van der Waals surface area contributed by atoms with Crippen molar-refractivity contribution in [3.8, 4) is 5.75 Å². The van der Waals surface area contributed by atoms with Gasteiger partial charge >= 0.3 is 5.97 Å². The van der Waals surface area contributed by atoms with Crippen LogP contribution >= 0.6 is 27.5 Å². The highest BCUT2D eigenvalue weighted by atomic mass is 79.9. The predicted octanol–water partition coefficient (Wildman–Crippen LogP) is 3.95. The summed E-state index contributed by atoms with van der Waals surface area (Å²) in [5.41, 5.74) is 0.645. The van der Waals surface area contributed by atoms with Crippen LogP contribution in [0.2, 0.25) is 5.02 Å². The fourth-order valence-corrected chi connectivity index (χ4v) is 2.13. The predicted molar refractivity (Wildman–Crippen MR) is 80.2 cm³/mol. The van der Waals surface area contributed by atoms with Crippen LogP contribution < -0.4 is 10.1 Å². The van der Waals surface area contributed by atoms with Gasteiger partial charge in [-0.2, -0.15) is 0 Å². The van der Waals surface area contributed by atoms with E-state index in [2.05, 4.69) is 26.2 Å². The molecule has 0 spiro atoms. The standard InChI is InChI=1S/C13H10BrClN2O3/c1-20-11-3-2-7(14)4-10(11)17-12-5-8(13(18)19)9(15)6-16-12/h2-6H,1H3,(H,16,17)(H,18,19). The number of carbonyl (C=O) groups is 1. The minimum Gasteiger partial charge on any atom is -0.495 e. The topological polar surface area (TPSA) is 71.5 Å². The average Bonchev–Trinajstić information content (AvgIpc) is 2.41. The molecule has 1 aromatic heterocycles. The van der Waals surface area contributed by atoms with Gasteiger partial charge in [0.25, 0.3) is 0 Å². The Bertz CT molecular complexity index is 664. The first-order valence-corrected chi connectivity index (χ1v) is 6.67. The van der Waals surface area contributed by atoms with Crippen LogP contribution in [0.3, 0.4) is 0 Å². The maximum atomic E-state index is 11.0. The molecule has 104 valence electrons. The van der Waals surface area contributed by atoms with Crippen LogP contribution in [0.4, 0.5) is 11.5 Å². The second-order valence-corrected chi connectivity index (χ2v) is 5.15. The van der Waals surface area contributed by atoms with Crippen LogP contribution in [0.15, 0.2) is 34.9 Å². The van der Waals surface area contributed by atoms with E-state index in [9.17, 15) is 4.79 Å². The zero-order chi connectivity index (χ0) is 14.7. The third kappa shape index (κ3) is 3.20.